The molecule has 1 aromatic heterocycles. The van der Waals surface area contributed by atoms with E-state index in [1.165, 1.54) is 6.26 Å². The molecule has 1 saturated heterocycles. The van der Waals surface area contributed by atoms with Crippen molar-refractivity contribution in [2.75, 3.05) is 39.7 Å². The zero-order valence-corrected chi connectivity index (χ0v) is 19.8. The second kappa shape index (κ2) is 10.8. The van der Waals surface area contributed by atoms with Crippen LogP contribution in [0.15, 0.2) is 53.1 Å². The number of benzene rings is 2. The second-order valence-electron chi connectivity index (χ2n) is 8.44. The fourth-order valence-corrected chi connectivity index (χ4v) is 4.18. The quantitative estimate of drug-likeness (QED) is 0.461. The number of oxazole rings is 1. The van der Waals surface area contributed by atoms with Gasteiger partial charge in [0, 0.05) is 26.2 Å². The first kappa shape index (κ1) is 23.2. The van der Waals surface area contributed by atoms with Crippen LogP contribution >= 0.6 is 0 Å². The number of ether oxygens (including phenoxy) is 4. The van der Waals surface area contributed by atoms with Crippen molar-refractivity contribution in [2.45, 2.75) is 26.6 Å². The molecule has 1 fully saturated rings. The Morgan fingerprint density at radius 1 is 1.00 bits per heavy atom. The standard InChI is InChI=1S/C26H29N3O6/c1-2-32-21-6-3-19(4-7-21)14-28(15-20-5-8-23-24(13-20)35-18-34-23)16-25-27-22(17-33-25)26(30)29-9-11-31-12-10-29/h3-8,13,17H,2,9-12,14-16,18H2,1H3. The lowest BCUT2D eigenvalue weighted by Gasteiger charge is -2.25. The highest BCUT2D eigenvalue weighted by molar-refractivity contribution is 5.92. The molecule has 3 heterocycles. The van der Waals surface area contributed by atoms with E-state index < -0.39 is 0 Å². The zero-order chi connectivity index (χ0) is 24.0. The topological polar surface area (TPSA) is 86.5 Å². The van der Waals surface area contributed by atoms with E-state index in [0.717, 1.165) is 28.4 Å². The SMILES string of the molecule is CCOc1ccc(CN(Cc2ccc3c(c2)OCO3)Cc2nc(C(=O)N3CCOCC3)co2)cc1. The lowest BCUT2D eigenvalue weighted by Crippen LogP contribution is -2.40. The minimum Gasteiger partial charge on any atom is -0.494 e. The van der Waals surface area contributed by atoms with Crippen LogP contribution in [0.4, 0.5) is 0 Å². The van der Waals surface area contributed by atoms with Gasteiger partial charge in [-0.3, -0.25) is 9.69 Å². The van der Waals surface area contributed by atoms with Crippen LogP contribution in [0.1, 0.15) is 34.4 Å². The van der Waals surface area contributed by atoms with Crippen LogP contribution < -0.4 is 14.2 Å². The van der Waals surface area contributed by atoms with Crippen LogP contribution in [0.2, 0.25) is 0 Å². The molecule has 0 bridgehead atoms. The third-order valence-electron chi connectivity index (χ3n) is 5.91. The summed E-state index contributed by atoms with van der Waals surface area (Å²) < 4.78 is 27.6. The van der Waals surface area contributed by atoms with Crippen molar-refractivity contribution < 1.29 is 28.2 Å². The van der Waals surface area contributed by atoms with Gasteiger partial charge in [-0.1, -0.05) is 18.2 Å². The summed E-state index contributed by atoms with van der Waals surface area (Å²) >= 11 is 0. The summed E-state index contributed by atoms with van der Waals surface area (Å²) in [5.74, 6) is 2.71. The number of nitrogens with zero attached hydrogens (tertiary/aromatic N) is 3. The number of hydrogen-bond donors (Lipinski definition) is 0. The Hall–Kier alpha value is -3.56. The number of fused-ring (bicyclic) bond motifs is 1. The molecule has 0 unspecified atom stereocenters. The highest BCUT2D eigenvalue weighted by Crippen LogP contribution is 2.33. The van der Waals surface area contributed by atoms with E-state index >= 15 is 0 Å². The Balaban J connectivity index is 1.31. The number of morpholine rings is 1. The number of hydrogen-bond acceptors (Lipinski definition) is 8. The van der Waals surface area contributed by atoms with Crippen LogP contribution in [-0.2, 0) is 24.4 Å². The van der Waals surface area contributed by atoms with Crippen LogP contribution in [0, 0.1) is 0 Å². The largest absolute Gasteiger partial charge is 0.494 e. The third-order valence-corrected chi connectivity index (χ3v) is 5.91. The van der Waals surface area contributed by atoms with Crippen LogP contribution in [-0.4, -0.2) is 60.4 Å². The fourth-order valence-electron chi connectivity index (χ4n) is 4.18. The van der Waals surface area contributed by atoms with Gasteiger partial charge in [-0.05, 0) is 42.3 Å². The van der Waals surface area contributed by atoms with E-state index in [1.54, 1.807) is 4.90 Å². The van der Waals surface area contributed by atoms with Crippen molar-refractivity contribution in [2.24, 2.45) is 0 Å². The third kappa shape index (κ3) is 5.75. The first-order chi connectivity index (χ1) is 17.2. The van der Waals surface area contributed by atoms with Gasteiger partial charge in [-0.25, -0.2) is 4.98 Å². The van der Waals surface area contributed by atoms with E-state index in [9.17, 15) is 4.79 Å². The highest BCUT2D eigenvalue weighted by atomic mass is 16.7. The predicted molar refractivity (Wildman–Crippen MR) is 126 cm³/mol. The molecule has 0 N–H and O–H groups in total. The first-order valence-corrected chi connectivity index (χ1v) is 11.8. The second-order valence-corrected chi connectivity index (χ2v) is 8.44. The van der Waals surface area contributed by atoms with Gasteiger partial charge >= 0.3 is 0 Å². The van der Waals surface area contributed by atoms with Crippen molar-refractivity contribution in [3.05, 3.63) is 71.4 Å². The van der Waals surface area contributed by atoms with Crippen LogP contribution in [0.3, 0.4) is 0 Å². The van der Waals surface area contributed by atoms with E-state index in [0.29, 0.717) is 64.1 Å². The van der Waals surface area contributed by atoms with Gasteiger partial charge in [0.1, 0.15) is 12.0 Å². The smallest absolute Gasteiger partial charge is 0.275 e. The summed E-state index contributed by atoms with van der Waals surface area (Å²) in [5.41, 5.74) is 2.53. The molecular formula is C26H29N3O6. The average Bonchev–Trinajstić information content (AvgIpc) is 3.55. The van der Waals surface area contributed by atoms with Crippen molar-refractivity contribution in [1.82, 2.24) is 14.8 Å². The van der Waals surface area contributed by atoms with Crippen molar-refractivity contribution in [1.29, 1.82) is 0 Å². The maximum atomic E-state index is 12.8. The molecule has 1 amide bonds. The normalized spacial score (nSPS) is 15.0. The molecule has 3 aromatic rings. The average molecular weight is 480 g/mol. The van der Waals surface area contributed by atoms with Gasteiger partial charge in [0.15, 0.2) is 17.2 Å². The van der Waals surface area contributed by atoms with Gasteiger partial charge in [-0.2, -0.15) is 0 Å². The Bertz CT molecular complexity index is 1140. The minimum atomic E-state index is -0.128. The Morgan fingerprint density at radius 3 is 2.54 bits per heavy atom. The van der Waals surface area contributed by atoms with Crippen molar-refractivity contribution in [3.8, 4) is 17.2 Å². The number of rotatable bonds is 9. The molecule has 0 aliphatic carbocycles. The van der Waals surface area contributed by atoms with Crippen LogP contribution in [0.5, 0.6) is 17.2 Å². The lowest BCUT2D eigenvalue weighted by atomic mass is 10.1. The number of amides is 1. The molecule has 5 rings (SSSR count). The maximum Gasteiger partial charge on any atom is 0.275 e. The summed E-state index contributed by atoms with van der Waals surface area (Å²) in [6, 6.07) is 14.0. The summed E-state index contributed by atoms with van der Waals surface area (Å²) in [5, 5.41) is 0. The van der Waals surface area contributed by atoms with Crippen molar-refractivity contribution in [3.63, 3.8) is 0 Å². The molecule has 9 nitrogen and oxygen atoms in total. The van der Waals surface area contributed by atoms with Crippen LogP contribution in [0.25, 0.3) is 0 Å². The van der Waals surface area contributed by atoms with Gasteiger partial charge < -0.3 is 28.3 Å². The van der Waals surface area contributed by atoms with Gasteiger partial charge in [0.25, 0.3) is 5.91 Å². The molecular weight excluding hydrogens is 450 g/mol. The Labute approximate surface area is 204 Å². The molecule has 184 valence electrons. The van der Waals surface area contributed by atoms with E-state index in [2.05, 4.69) is 22.0 Å². The molecule has 0 radical (unpaired) electrons. The number of aromatic nitrogens is 1. The lowest BCUT2D eigenvalue weighted by molar-refractivity contribution is 0.0299. The maximum absolute atomic E-state index is 12.8. The van der Waals surface area contributed by atoms with Crippen molar-refractivity contribution >= 4 is 5.91 Å². The highest BCUT2D eigenvalue weighted by Gasteiger charge is 2.23. The van der Waals surface area contributed by atoms with E-state index in [4.69, 9.17) is 23.4 Å². The molecule has 35 heavy (non-hydrogen) atoms. The summed E-state index contributed by atoms with van der Waals surface area (Å²) in [6.45, 7) is 6.80. The molecule has 2 aromatic carbocycles. The molecule has 0 saturated carbocycles. The minimum absolute atomic E-state index is 0.128. The fraction of sp³-hybridized carbons (Fsp3) is 0.385. The molecule has 0 atom stereocenters. The van der Waals surface area contributed by atoms with E-state index in [1.807, 2.05) is 37.3 Å². The number of carbonyl (C=O) groups excluding carboxylic acids is 1. The summed E-state index contributed by atoms with van der Waals surface area (Å²) in [6.07, 6.45) is 1.45. The van der Waals surface area contributed by atoms with Gasteiger partial charge in [0.05, 0.1) is 26.4 Å². The molecule has 0 spiro atoms. The Morgan fingerprint density at radius 2 is 1.74 bits per heavy atom. The molecule has 2 aliphatic heterocycles. The predicted octanol–water partition coefficient (Wildman–Crippen LogP) is 3.48. The Kier molecular flexibility index (Phi) is 7.15. The van der Waals surface area contributed by atoms with Gasteiger partial charge in [-0.15, -0.1) is 0 Å². The number of carbonyl (C=O) groups is 1. The van der Waals surface area contributed by atoms with E-state index in [-0.39, 0.29) is 12.7 Å². The molecule has 9 heteroatoms. The van der Waals surface area contributed by atoms with Gasteiger partial charge in [0.2, 0.25) is 12.7 Å². The summed E-state index contributed by atoms with van der Waals surface area (Å²) in [4.78, 5) is 21.2. The monoisotopic (exact) mass is 479 g/mol. The first-order valence-electron chi connectivity index (χ1n) is 11.8. The summed E-state index contributed by atoms with van der Waals surface area (Å²) in [7, 11) is 0. The molecule has 2 aliphatic rings. The zero-order valence-electron chi connectivity index (χ0n) is 19.8.